The normalized spacial score (nSPS) is 12.4. The second kappa shape index (κ2) is 8.76. The number of unbranched alkanes of at least 4 members (excludes halogenated alkanes) is 1. The van der Waals surface area contributed by atoms with Gasteiger partial charge in [-0.1, -0.05) is 26.3 Å². The summed E-state index contributed by atoms with van der Waals surface area (Å²) in [5.74, 6) is 0.578. The molecule has 0 aliphatic carbocycles. The summed E-state index contributed by atoms with van der Waals surface area (Å²) in [5, 5.41) is 9.06. The Bertz CT molecular complexity index is 443. The summed E-state index contributed by atoms with van der Waals surface area (Å²) in [4.78, 5) is 2.24. The van der Waals surface area contributed by atoms with Crippen molar-refractivity contribution in [2.24, 2.45) is 0 Å². The molecule has 0 aromatic heterocycles. The van der Waals surface area contributed by atoms with Gasteiger partial charge in [0.15, 0.2) is 0 Å². The smallest absolute Gasteiger partial charge is 0.0991 e. The van der Waals surface area contributed by atoms with Gasteiger partial charge in [0.05, 0.1) is 11.6 Å². The van der Waals surface area contributed by atoms with E-state index in [1.807, 2.05) is 6.07 Å². The van der Waals surface area contributed by atoms with Crippen LogP contribution < -0.4 is 0 Å². The maximum Gasteiger partial charge on any atom is 0.0991 e. The second-order valence-corrected chi connectivity index (χ2v) is 5.98. The van der Waals surface area contributed by atoms with Gasteiger partial charge in [-0.3, -0.25) is 0 Å². The maximum absolute atomic E-state index is 9.06. The summed E-state index contributed by atoms with van der Waals surface area (Å²) in [6.45, 7) is 5.67. The summed E-state index contributed by atoms with van der Waals surface area (Å²) < 4.78 is 0. The average molecular weight is 272 g/mol. The van der Waals surface area contributed by atoms with E-state index in [0.717, 1.165) is 18.5 Å². The van der Waals surface area contributed by atoms with Gasteiger partial charge in [0.25, 0.3) is 0 Å². The molecule has 0 bridgehead atoms. The highest BCUT2D eigenvalue weighted by atomic mass is 15.0. The topological polar surface area (TPSA) is 27.0 Å². The molecule has 0 amide bonds. The molecule has 1 aromatic carbocycles. The molecular formula is C18H28N2. The lowest BCUT2D eigenvalue weighted by atomic mass is 9.89. The first-order valence-corrected chi connectivity index (χ1v) is 7.76. The fourth-order valence-electron chi connectivity index (χ4n) is 2.61. The molecule has 0 spiro atoms. The lowest BCUT2D eigenvalue weighted by Gasteiger charge is -2.18. The standard InChI is InChI=1S/C18H28N2/c1-5-6-9-17-13-16(14-19)10-11-18(17)15(2)8-7-12-20(3)4/h10-11,13,15H,5-9,12H2,1-4H3. The van der Waals surface area contributed by atoms with Crippen molar-refractivity contribution in [2.75, 3.05) is 20.6 Å². The molecule has 2 heteroatoms. The van der Waals surface area contributed by atoms with Crippen molar-refractivity contribution in [2.45, 2.75) is 51.9 Å². The van der Waals surface area contributed by atoms with Crippen molar-refractivity contribution in [1.29, 1.82) is 5.26 Å². The number of nitrogens with zero attached hydrogens (tertiary/aromatic N) is 2. The largest absolute Gasteiger partial charge is 0.309 e. The van der Waals surface area contributed by atoms with Crippen LogP contribution in [0.4, 0.5) is 0 Å². The van der Waals surface area contributed by atoms with E-state index in [9.17, 15) is 0 Å². The van der Waals surface area contributed by atoms with E-state index < -0.39 is 0 Å². The van der Waals surface area contributed by atoms with Crippen LogP contribution in [0.25, 0.3) is 0 Å². The summed E-state index contributed by atoms with van der Waals surface area (Å²) in [7, 11) is 4.25. The van der Waals surface area contributed by atoms with Gasteiger partial charge in [-0.15, -0.1) is 0 Å². The molecule has 0 aliphatic rings. The lowest BCUT2D eigenvalue weighted by Crippen LogP contribution is -2.13. The molecule has 0 heterocycles. The van der Waals surface area contributed by atoms with Gasteiger partial charge in [-0.2, -0.15) is 5.26 Å². The fraction of sp³-hybridized carbons (Fsp3) is 0.611. The fourth-order valence-corrected chi connectivity index (χ4v) is 2.61. The van der Waals surface area contributed by atoms with Crippen LogP contribution in [0.5, 0.6) is 0 Å². The predicted molar refractivity (Wildman–Crippen MR) is 86.0 cm³/mol. The van der Waals surface area contributed by atoms with E-state index in [2.05, 4.69) is 51.0 Å². The molecule has 0 saturated heterocycles. The Kier molecular flexibility index (Phi) is 7.33. The van der Waals surface area contributed by atoms with Gasteiger partial charge < -0.3 is 4.90 Å². The van der Waals surface area contributed by atoms with E-state index in [-0.39, 0.29) is 0 Å². The van der Waals surface area contributed by atoms with Gasteiger partial charge >= 0.3 is 0 Å². The molecule has 0 aliphatic heterocycles. The SMILES string of the molecule is CCCCc1cc(C#N)ccc1C(C)CCCN(C)C. The molecule has 0 fully saturated rings. The van der Waals surface area contributed by atoms with Crippen LogP contribution in [0.2, 0.25) is 0 Å². The van der Waals surface area contributed by atoms with Gasteiger partial charge in [0.2, 0.25) is 0 Å². The van der Waals surface area contributed by atoms with Crippen molar-refractivity contribution < 1.29 is 0 Å². The predicted octanol–water partition coefficient (Wildman–Crippen LogP) is 4.35. The Morgan fingerprint density at radius 2 is 2.00 bits per heavy atom. The van der Waals surface area contributed by atoms with Crippen LogP contribution in [0.15, 0.2) is 18.2 Å². The van der Waals surface area contributed by atoms with E-state index in [1.54, 1.807) is 0 Å². The molecule has 0 N–H and O–H groups in total. The summed E-state index contributed by atoms with van der Waals surface area (Å²) >= 11 is 0. The monoisotopic (exact) mass is 272 g/mol. The van der Waals surface area contributed by atoms with Crippen LogP contribution in [-0.2, 0) is 6.42 Å². The zero-order valence-corrected chi connectivity index (χ0v) is 13.4. The molecule has 1 atom stereocenters. The first-order chi connectivity index (χ1) is 9.58. The van der Waals surface area contributed by atoms with Crippen molar-refractivity contribution in [3.05, 3.63) is 34.9 Å². The number of benzene rings is 1. The minimum atomic E-state index is 0.578. The number of hydrogen-bond acceptors (Lipinski definition) is 2. The molecule has 110 valence electrons. The Hall–Kier alpha value is -1.33. The number of aryl methyl sites for hydroxylation is 1. The molecule has 20 heavy (non-hydrogen) atoms. The zero-order valence-electron chi connectivity index (χ0n) is 13.4. The maximum atomic E-state index is 9.06. The van der Waals surface area contributed by atoms with Crippen LogP contribution in [0, 0.1) is 11.3 Å². The Morgan fingerprint density at radius 1 is 1.25 bits per heavy atom. The van der Waals surface area contributed by atoms with E-state index in [1.165, 1.54) is 36.8 Å². The first kappa shape index (κ1) is 16.7. The molecule has 1 unspecified atom stereocenters. The number of hydrogen-bond donors (Lipinski definition) is 0. The Balaban J connectivity index is 2.78. The van der Waals surface area contributed by atoms with Gasteiger partial charge in [-0.25, -0.2) is 0 Å². The van der Waals surface area contributed by atoms with Crippen molar-refractivity contribution >= 4 is 0 Å². The molecular weight excluding hydrogens is 244 g/mol. The van der Waals surface area contributed by atoms with E-state index in [0.29, 0.717) is 5.92 Å². The molecule has 0 radical (unpaired) electrons. The van der Waals surface area contributed by atoms with E-state index >= 15 is 0 Å². The van der Waals surface area contributed by atoms with Crippen molar-refractivity contribution in [3.63, 3.8) is 0 Å². The van der Waals surface area contributed by atoms with Crippen LogP contribution in [-0.4, -0.2) is 25.5 Å². The Morgan fingerprint density at radius 3 is 2.60 bits per heavy atom. The number of rotatable bonds is 8. The first-order valence-electron chi connectivity index (χ1n) is 7.76. The van der Waals surface area contributed by atoms with Gasteiger partial charge in [0, 0.05) is 0 Å². The highest BCUT2D eigenvalue weighted by Gasteiger charge is 2.11. The molecule has 1 rings (SSSR count). The van der Waals surface area contributed by atoms with Crippen LogP contribution in [0.3, 0.4) is 0 Å². The Labute approximate surface area is 124 Å². The van der Waals surface area contributed by atoms with Crippen LogP contribution >= 0.6 is 0 Å². The summed E-state index contributed by atoms with van der Waals surface area (Å²) in [6, 6.07) is 8.49. The average Bonchev–Trinajstić information content (AvgIpc) is 2.44. The third-order valence-corrected chi connectivity index (χ3v) is 3.85. The summed E-state index contributed by atoms with van der Waals surface area (Å²) in [6.07, 6.45) is 5.93. The third-order valence-electron chi connectivity index (χ3n) is 3.85. The summed E-state index contributed by atoms with van der Waals surface area (Å²) in [5.41, 5.74) is 3.61. The van der Waals surface area contributed by atoms with Crippen molar-refractivity contribution in [1.82, 2.24) is 4.90 Å². The third kappa shape index (κ3) is 5.35. The highest BCUT2D eigenvalue weighted by molar-refractivity contribution is 5.39. The highest BCUT2D eigenvalue weighted by Crippen LogP contribution is 2.26. The van der Waals surface area contributed by atoms with E-state index in [4.69, 9.17) is 5.26 Å². The van der Waals surface area contributed by atoms with Crippen molar-refractivity contribution in [3.8, 4) is 6.07 Å². The van der Waals surface area contributed by atoms with Gasteiger partial charge in [0.1, 0.15) is 0 Å². The second-order valence-electron chi connectivity index (χ2n) is 5.98. The minimum Gasteiger partial charge on any atom is -0.309 e. The quantitative estimate of drug-likeness (QED) is 0.703. The molecule has 0 saturated carbocycles. The zero-order chi connectivity index (χ0) is 15.0. The lowest BCUT2D eigenvalue weighted by molar-refractivity contribution is 0.387. The minimum absolute atomic E-state index is 0.578. The van der Waals surface area contributed by atoms with Gasteiger partial charge in [-0.05, 0) is 75.5 Å². The molecule has 1 aromatic rings. The molecule has 2 nitrogen and oxygen atoms in total. The van der Waals surface area contributed by atoms with Crippen LogP contribution in [0.1, 0.15) is 62.1 Å². The number of nitriles is 1.